The van der Waals surface area contributed by atoms with E-state index in [-0.39, 0.29) is 27.3 Å². The molecule has 2 aromatic heterocycles. The smallest absolute Gasteiger partial charge is 0.323 e. The molecule has 3 amide bonds. The fraction of sp³-hybridized carbons (Fsp3) is 0.281. The van der Waals surface area contributed by atoms with Gasteiger partial charge in [0.25, 0.3) is 5.56 Å². The second-order valence-corrected chi connectivity index (χ2v) is 11.3. The number of pyridine rings is 1. The average molecular weight is 635 g/mol. The second-order valence-electron chi connectivity index (χ2n) is 10.5. The van der Waals surface area contributed by atoms with Crippen LogP contribution in [-0.2, 0) is 17.8 Å². The minimum atomic E-state index is -0.689. The lowest BCUT2D eigenvalue weighted by molar-refractivity contribution is -0.120. The van der Waals surface area contributed by atoms with Gasteiger partial charge >= 0.3 is 6.03 Å². The van der Waals surface area contributed by atoms with Crippen molar-refractivity contribution in [3.8, 4) is 22.4 Å². The van der Waals surface area contributed by atoms with Crippen LogP contribution in [0.5, 0.6) is 0 Å². The maximum atomic E-state index is 13.0. The number of anilines is 2. The SMILES string of the molecule is CCn1nc(-c2cccc(-c3ccc(CC(=O)NCCN4CCCC4)cc3)c2)cc(NC(=O)Nc2c(Cl)cncc2Cl)c1=O. The van der Waals surface area contributed by atoms with E-state index in [1.165, 1.54) is 36.0 Å². The third kappa shape index (κ3) is 7.82. The summed E-state index contributed by atoms with van der Waals surface area (Å²) in [5.74, 6) is 0.0149. The van der Waals surface area contributed by atoms with Crippen molar-refractivity contribution < 1.29 is 9.59 Å². The molecule has 4 aromatic rings. The molecule has 228 valence electrons. The Kier molecular flexibility index (Phi) is 10.3. The molecule has 2 aromatic carbocycles. The molecule has 5 rings (SSSR count). The van der Waals surface area contributed by atoms with E-state index >= 15 is 0 Å². The number of hydrogen-bond acceptors (Lipinski definition) is 6. The van der Waals surface area contributed by atoms with Crippen molar-refractivity contribution in [3.63, 3.8) is 0 Å². The van der Waals surface area contributed by atoms with E-state index in [4.69, 9.17) is 23.2 Å². The summed E-state index contributed by atoms with van der Waals surface area (Å²) in [6.45, 7) is 5.89. The first-order valence-electron chi connectivity index (χ1n) is 14.5. The molecular formula is C32H33Cl2N7O3. The number of nitrogens with zero attached hydrogens (tertiary/aromatic N) is 4. The summed E-state index contributed by atoms with van der Waals surface area (Å²) in [6, 6.07) is 16.5. The van der Waals surface area contributed by atoms with Gasteiger partial charge in [0.1, 0.15) is 5.69 Å². The Morgan fingerprint density at radius 1 is 0.909 bits per heavy atom. The van der Waals surface area contributed by atoms with E-state index in [0.29, 0.717) is 25.2 Å². The van der Waals surface area contributed by atoms with E-state index in [0.717, 1.165) is 41.9 Å². The number of carbonyl (C=O) groups excluding carboxylic acids is 2. The topological polar surface area (TPSA) is 121 Å². The highest BCUT2D eigenvalue weighted by molar-refractivity contribution is 6.39. The minimum Gasteiger partial charge on any atom is -0.355 e. The summed E-state index contributed by atoms with van der Waals surface area (Å²) in [4.78, 5) is 44.4. The molecule has 0 radical (unpaired) electrons. The molecule has 12 heteroatoms. The molecule has 0 spiro atoms. The molecule has 0 atom stereocenters. The molecule has 10 nitrogen and oxygen atoms in total. The number of carbonyl (C=O) groups is 2. The Morgan fingerprint density at radius 3 is 2.32 bits per heavy atom. The molecule has 1 aliphatic rings. The lowest BCUT2D eigenvalue weighted by Gasteiger charge is -2.14. The van der Waals surface area contributed by atoms with Crippen molar-refractivity contribution in [1.82, 2.24) is 25.0 Å². The van der Waals surface area contributed by atoms with Crippen molar-refractivity contribution in [1.29, 1.82) is 0 Å². The zero-order chi connectivity index (χ0) is 31.1. The molecular weight excluding hydrogens is 601 g/mol. The molecule has 1 fully saturated rings. The van der Waals surface area contributed by atoms with Crippen molar-refractivity contribution in [2.45, 2.75) is 32.7 Å². The van der Waals surface area contributed by atoms with Crippen LogP contribution in [-0.4, -0.2) is 57.8 Å². The standard InChI is InChI=1S/C32H33Cl2N7O3/c1-2-41-31(43)28(37-32(44)38-30-25(33)19-35-20-26(30)34)18-27(39-41)24-7-5-6-23(17-24)22-10-8-21(9-11-22)16-29(42)36-12-15-40-13-3-4-14-40/h5-11,17-20H,2-4,12-16H2,1H3,(H,36,42)(H2,35,37,38,44). The number of aromatic nitrogens is 3. The highest BCUT2D eigenvalue weighted by Gasteiger charge is 2.16. The number of likely N-dealkylation sites (tertiary alicyclic amines) is 1. The van der Waals surface area contributed by atoms with E-state index in [2.05, 4.69) is 30.9 Å². The lowest BCUT2D eigenvalue weighted by Crippen LogP contribution is -2.34. The first kappa shape index (κ1) is 31.2. The average Bonchev–Trinajstić information content (AvgIpc) is 3.54. The fourth-order valence-corrected chi connectivity index (χ4v) is 5.52. The van der Waals surface area contributed by atoms with Crippen LogP contribution in [0.3, 0.4) is 0 Å². The predicted molar refractivity (Wildman–Crippen MR) is 174 cm³/mol. The van der Waals surface area contributed by atoms with Crippen LogP contribution in [0, 0.1) is 0 Å². The number of urea groups is 1. The van der Waals surface area contributed by atoms with Crippen molar-refractivity contribution in [3.05, 3.63) is 93.0 Å². The number of aryl methyl sites for hydroxylation is 1. The second kappa shape index (κ2) is 14.5. The monoisotopic (exact) mass is 633 g/mol. The third-order valence-electron chi connectivity index (χ3n) is 7.37. The fourth-order valence-electron chi connectivity index (χ4n) is 5.07. The van der Waals surface area contributed by atoms with Gasteiger partial charge in [0.05, 0.1) is 27.8 Å². The van der Waals surface area contributed by atoms with Crippen LogP contribution >= 0.6 is 23.2 Å². The summed E-state index contributed by atoms with van der Waals surface area (Å²) < 4.78 is 1.29. The molecule has 0 saturated carbocycles. The predicted octanol–water partition coefficient (Wildman–Crippen LogP) is 5.70. The molecule has 1 saturated heterocycles. The van der Waals surface area contributed by atoms with Gasteiger partial charge in [-0.05, 0) is 61.7 Å². The Hall–Kier alpha value is -4.25. The number of rotatable bonds is 10. The summed E-state index contributed by atoms with van der Waals surface area (Å²) in [7, 11) is 0. The maximum Gasteiger partial charge on any atom is 0.323 e. The van der Waals surface area contributed by atoms with Crippen molar-refractivity contribution >= 4 is 46.5 Å². The number of benzene rings is 2. The zero-order valence-corrected chi connectivity index (χ0v) is 25.8. The van der Waals surface area contributed by atoms with Gasteiger partial charge in [0.2, 0.25) is 5.91 Å². The van der Waals surface area contributed by atoms with Crippen LogP contribution in [0.4, 0.5) is 16.2 Å². The quantitative estimate of drug-likeness (QED) is 0.206. The first-order valence-corrected chi connectivity index (χ1v) is 15.2. The number of hydrogen-bond donors (Lipinski definition) is 3. The number of amides is 3. The van der Waals surface area contributed by atoms with E-state index in [9.17, 15) is 14.4 Å². The summed E-state index contributed by atoms with van der Waals surface area (Å²) in [5, 5.41) is 13.0. The van der Waals surface area contributed by atoms with Gasteiger partial charge in [0.15, 0.2) is 0 Å². The highest BCUT2D eigenvalue weighted by Crippen LogP contribution is 2.29. The van der Waals surface area contributed by atoms with E-state index in [1.807, 2.05) is 48.5 Å². The van der Waals surface area contributed by atoms with Gasteiger partial charge < -0.3 is 20.9 Å². The van der Waals surface area contributed by atoms with Gasteiger partial charge in [-0.25, -0.2) is 9.48 Å². The molecule has 44 heavy (non-hydrogen) atoms. The van der Waals surface area contributed by atoms with Crippen LogP contribution in [0.15, 0.2) is 71.8 Å². The van der Waals surface area contributed by atoms with Gasteiger partial charge in [-0.2, -0.15) is 5.10 Å². The number of halogens is 2. The molecule has 3 heterocycles. The zero-order valence-electron chi connectivity index (χ0n) is 24.3. The van der Waals surface area contributed by atoms with Crippen molar-refractivity contribution in [2.24, 2.45) is 0 Å². The van der Waals surface area contributed by atoms with Crippen molar-refractivity contribution in [2.75, 3.05) is 36.8 Å². The molecule has 0 aliphatic carbocycles. The summed E-state index contributed by atoms with van der Waals surface area (Å²) in [6.07, 6.45) is 5.51. The van der Waals surface area contributed by atoms with Crippen LogP contribution in [0.1, 0.15) is 25.3 Å². The van der Waals surface area contributed by atoms with Crippen LogP contribution < -0.4 is 21.5 Å². The minimum absolute atomic E-state index is 0.0149. The molecule has 1 aliphatic heterocycles. The summed E-state index contributed by atoms with van der Waals surface area (Å²) in [5.41, 5.74) is 3.88. The highest BCUT2D eigenvalue weighted by atomic mass is 35.5. The molecule has 0 bridgehead atoms. The van der Waals surface area contributed by atoms with Gasteiger partial charge in [-0.1, -0.05) is 65.7 Å². The summed E-state index contributed by atoms with van der Waals surface area (Å²) >= 11 is 12.2. The lowest BCUT2D eigenvalue weighted by atomic mass is 9.99. The van der Waals surface area contributed by atoms with Gasteiger partial charge in [0, 0.05) is 37.6 Å². The van der Waals surface area contributed by atoms with Gasteiger partial charge in [-0.15, -0.1) is 0 Å². The van der Waals surface area contributed by atoms with Gasteiger partial charge in [-0.3, -0.25) is 14.6 Å². The Labute approximate surface area is 265 Å². The molecule has 3 N–H and O–H groups in total. The third-order valence-corrected chi connectivity index (χ3v) is 7.95. The Bertz CT molecular complexity index is 1680. The molecule has 0 unspecified atom stereocenters. The Balaban J connectivity index is 1.28. The van der Waals surface area contributed by atoms with E-state index in [1.54, 1.807) is 6.92 Å². The van der Waals surface area contributed by atoms with Crippen LogP contribution in [0.2, 0.25) is 10.0 Å². The maximum absolute atomic E-state index is 13.0. The first-order chi connectivity index (χ1) is 21.3. The largest absolute Gasteiger partial charge is 0.355 e. The Morgan fingerprint density at radius 2 is 1.61 bits per heavy atom. The number of nitrogens with one attached hydrogen (secondary N) is 3. The van der Waals surface area contributed by atoms with E-state index < -0.39 is 11.6 Å². The van der Waals surface area contributed by atoms with Crippen LogP contribution in [0.25, 0.3) is 22.4 Å². The normalized spacial score (nSPS) is 13.1.